The first kappa shape index (κ1) is 18.0. The topological polar surface area (TPSA) is 55.6 Å². The first-order chi connectivity index (χ1) is 13.6. The van der Waals surface area contributed by atoms with Crippen LogP contribution >= 0.6 is 11.3 Å². The number of thiazole rings is 1. The summed E-state index contributed by atoms with van der Waals surface area (Å²) in [5.74, 6) is 1.87. The molecule has 0 aliphatic rings. The SMILES string of the molecule is COc1cccc(N(C(=O)/C=C/c2ccc(C)o2)c2nc3ccccc3s2)c1. The molecule has 2 aromatic carbocycles. The van der Waals surface area contributed by atoms with Gasteiger partial charge in [0, 0.05) is 12.1 Å². The summed E-state index contributed by atoms with van der Waals surface area (Å²) in [5, 5.41) is 0.597. The van der Waals surface area contributed by atoms with Gasteiger partial charge in [0.2, 0.25) is 0 Å². The Balaban J connectivity index is 1.76. The van der Waals surface area contributed by atoms with Gasteiger partial charge in [-0.2, -0.15) is 0 Å². The number of para-hydroxylation sites is 1. The van der Waals surface area contributed by atoms with Crippen LogP contribution in [0.5, 0.6) is 5.75 Å². The van der Waals surface area contributed by atoms with E-state index < -0.39 is 0 Å². The van der Waals surface area contributed by atoms with Gasteiger partial charge in [0.1, 0.15) is 17.3 Å². The van der Waals surface area contributed by atoms with Crippen LogP contribution in [-0.2, 0) is 4.79 Å². The van der Waals surface area contributed by atoms with E-state index in [2.05, 4.69) is 4.98 Å². The van der Waals surface area contributed by atoms with E-state index in [4.69, 9.17) is 9.15 Å². The molecule has 1 amide bonds. The summed E-state index contributed by atoms with van der Waals surface area (Å²) in [5.41, 5.74) is 1.54. The van der Waals surface area contributed by atoms with Gasteiger partial charge in [-0.1, -0.05) is 29.5 Å². The number of benzene rings is 2. The number of rotatable bonds is 5. The van der Waals surface area contributed by atoms with E-state index in [9.17, 15) is 4.79 Å². The highest BCUT2D eigenvalue weighted by Gasteiger charge is 2.20. The standard InChI is InChI=1S/C22H18N2O3S/c1-15-10-11-17(27-15)12-13-21(25)24(16-6-5-7-18(14-16)26-2)22-23-19-8-3-4-9-20(19)28-22/h3-14H,1-2H3/b13-12+. The molecule has 2 aromatic heterocycles. The first-order valence-electron chi connectivity index (χ1n) is 8.72. The number of carbonyl (C=O) groups excluding carboxylic acids is 1. The van der Waals surface area contributed by atoms with Gasteiger partial charge < -0.3 is 9.15 Å². The summed E-state index contributed by atoms with van der Waals surface area (Å²) in [6.45, 7) is 1.86. The summed E-state index contributed by atoms with van der Waals surface area (Å²) in [4.78, 5) is 19.4. The molecule has 0 fully saturated rings. The van der Waals surface area contributed by atoms with Crippen molar-refractivity contribution in [2.75, 3.05) is 12.0 Å². The monoisotopic (exact) mass is 390 g/mol. The first-order valence-corrected chi connectivity index (χ1v) is 9.54. The van der Waals surface area contributed by atoms with Gasteiger partial charge in [-0.3, -0.25) is 9.69 Å². The van der Waals surface area contributed by atoms with Crippen LogP contribution in [0, 0.1) is 6.92 Å². The van der Waals surface area contributed by atoms with E-state index >= 15 is 0 Å². The van der Waals surface area contributed by atoms with Crippen molar-refractivity contribution in [2.24, 2.45) is 0 Å². The van der Waals surface area contributed by atoms with Gasteiger partial charge in [0.15, 0.2) is 5.13 Å². The average molecular weight is 390 g/mol. The quantitative estimate of drug-likeness (QED) is 0.417. The summed E-state index contributed by atoms with van der Waals surface area (Å²) >= 11 is 1.46. The van der Waals surface area contributed by atoms with E-state index in [-0.39, 0.29) is 5.91 Å². The molecular formula is C22H18N2O3S. The lowest BCUT2D eigenvalue weighted by molar-refractivity contribution is -0.113. The Morgan fingerprint density at radius 1 is 1.14 bits per heavy atom. The smallest absolute Gasteiger partial charge is 0.257 e. The molecule has 0 aliphatic heterocycles. The molecule has 0 atom stereocenters. The van der Waals surface area contributed by atoms with Crippen molar-refractivity contribution in [3.63, 3.8) is 0 Å². The van der Waals surface area contributed by atoms with Gasteiger partial charge in [-0.05, 0) is 49.4 Å². The number of nitrogens with zero attached hydrogens (tertiary/aromatic N) is 2. The van der Waals surface area contributed by atoms with E-state index in [0.717, 1.165) is 16.0 Å². The number of carbonyl (C=O) groups is 1. The Labute approximate surface area is 166 Å². The van der Waals surface area contributed by atoms with Crippen LogP contribution in [0.1, 0.15) is 11.5 Å². The van der Waals surface area contributed by atoms with Crippen LogP contribution in [0.25, 0.3) is 16.3 Å². The molecule has 2 heterocycles. The van der Waals surface area contributed by atoms with Crippen molar-refractivity contribution in [2.45, 2.75) is 6.92 Å². The minimum atomic E-state index is -0.221. The molecule has 0 saturated heterocycles. The number of anilines is 2. The fourth-order valence-electron chi connectivity index (χ4n) is 2.81. The highest BCUT2D eigenvalue weighted by Crippen LogP contribution is 2.35. The van der Waals surface area contributed by atoms with Gasteiger partial charge in [0.05, 0.1) is 23.0 Å². The molecule has 28 heavy (non-hydrogen) atoms. The Hall–Kier alpha value is -3.38. The summed E-state index contributed by atoms with van der Waals surface area (Å²) < 4.78 is 11.9. The molecule has 0 bridgehead atoms. The van der Waals surface area contributed by atoms with Gasteiger partial charge in [-0.15, -0.1) is 0 Å². The summed E-state index contributed by atoms with van der Waals surface area (Å²) in [7, 11) is 1.60. The van der Waals surface area contributed by atoms with Crippen LogP contribution in [0.4, 0.5) is 10.8 Å². The number of furan rings is 1. The number of methoxy groups -OCH3 is 1. The van der Waals surface area contributed by atoms with Crippen LogP contribution in [-0.4, -0.2) is 18.0 Å². The number of hydrogen-bond acceptors (Lipinski definition) is 5. The number of amides is 1. The molecule has 0 aliphatic carbocycles. The zero-order chi connectivity index (χ0) is 19.5. The van der Waals surface area contributed by atoms with Crippen molar-refractivity contribution in [1.82, 2.24) is 4.98 Å². The minimum absolute atomic E-state index is 0.221. The highest BCUT2D eigenvalue weighted by atomic mass is 32.1. The Morgan fingerprint density at radius 2 is 2.00 bits per heavy atom. The maximum atomic E-state index is 13.1. The van der Waals surface area contributed by atoms with Gasteiger partial charge in [-0.25, -0.2) is 4.98 Å². The van der Waals surface area contributed by atoms with Gasteiger partial charge in [0.25, 0.3) is 5.91 Å². The molecule has 140 valence electrons. The minimum Gasteiger partial charge on any atom is -0.497 e. The highest BCUT2D eigenvalue weighted by molar-refractivity contribution is 7.22. The number of aryl methyl sites for hydroxylation is 1. The summed E-state index contributed by atoms with van der Waals surface area (Å²) in [6.07, 6.45) is 3.15. The molecule has 0 N–H and O–H groups in total. The zero-order valence-corrected chi connectivity index (χ0v) is 16.3. The third-order valence-electron chi connectivity index (χ3n) is 4.16. The molecule has 0 saturated carbocycles. The second-order valence-corrected chi connectivity index (χ2v) is 7.13. The molecule has 4 rings (SSSR count). The molecule has 0 spiro atoms. The van der Waals surface area contributed by atoms with E-state index in [1.54, 1.807) is 18.1 Å². The lowest BCUT2D eigenvalue weighted by atomic mass is 10.2. The van der Waals surface area contributed by atoms with E-state index in [1.165, 1.54) is 17.4 Å². The Bertz CT molecular complexity index is 1130. The molecular weight excluding hydrogens is 372 g/mol. The van der Waals surface area contributed by atoms with Crippen LogP contribution in [0.15, 0.2) is 71.2 Å². The zero-order valence-electron chi connectivity index (χ0n) is 15.5. The maximum Gasteiger partial charge on any atom is 0.257 e. The van der Waals surface area contributed by atoms with Crippen LogP contribution < -0.4 is 9.64 Å². The van der Waals surface area contributed by atoms with Crippen molar-refractivity contribution in [1.29, 1.82) is 0 Å². The molecule has 4 aromatic rings. The normalized spacial score (nSPS) is 11.2. The largest absolute Gasteiger partial charge is 0.497 e. The second-order valence-electron chi connectivity index (χ2n) is 6.12. The number of ether oxygens (including phenoxy) is 1. The van der Waals surface area contributed by atoms with Crippen LogP contribution in [0.3, 0.4) is 0 Å². The lowest BCUT2D eigenvalue weighted by Crippen LogP contribution is -2.23. The van der Waals surface area contributed by atoms with E-state index in [0.29, 0.717) is 22.3 Å². The number of hydrogen-bond donors (Lipinski definition) is 0. The van der Waals surface area contributed by atoms with Gasteiger partial charge >= 0.3 is 0 Å². The fourth-order valence-corrected chi connectivity index (χ4v) is 3.80. The van der Waals surface area contributed by atoms with Crippen molar-refractivity contribution >= 4 is 44.4 Å². The number of aromatic nitrogens is 1. The van der Waals surface area contributed by atoms with E-state index in [1.807, 2.05) is 67.6 Å². The number of fused-ring (bicyclic) bond motifs is 1. The second kappa shape index (κ2) is 7.70. The third kappa shape index (κ3) is 3.68. The third-order valence-corrected chi connectivity index (χ3v) is 5.18. The average Bonchev–Trinajstić information content (AvgIpc) is 3.32. The molecule has 5 nitrogen and oxygen atoms in total. The molecule has 0 radical (unpaired) electrons. The predicted molar refractivity (Wildman–Crippen MR) is 112 cm³/mol. The lowest BCUT2D eigenvalue weighted by Gasteiger charge is -2.18. The van der Waals surface area contributed by atoms with Crippen molar-refractivity contribution in [3.05, 3.63) is 78.3 Å². The van der Waals surface area contributed by atoms with Crippen molar-refractivity contribution in [3.8, 4) is 5.75 Å². The maximum absolute atomic E-state index is 13.1. The Kier molecular flexibility index (Phi) is 4.95. The fraction of sp³-hybridized carbons (Fsp3) is 0.0909. The molecule has 6 heteroatoms. The van der Waals surface area contributed by atoms with Crippen molar-refractivity contribution < 1.29 is 13.9 Å². The Morgan fingerprint density at radius 3 is 2.75 bits per heavy atom. The predicted octanol–water partition coefficient (Wildman–Crippen LogP) is 5.58. The molecule has 0 unspecified atom stereocenters. The summed E-state index contributed by atoms with van der Waals surface area (Å²) in [6, 6.07) is 18.9. The van der Waals surface area contributed by atoms with Crippen LogP contribution in [0.2, 0.25) is 0 Å².